The fourth-order valence-corrected chi connectivity index (χ4v) is 9.86. The number of halogens is 4. The maximum Gasteiger partial charge on any atom is 0.411 e. The second-order valence-corrected chi connectivity index (χ2v) is 19.7. The molecular weight excluding hydrogens is 815 g/mol. The predicted octanol–water partition coefficient (Wildman–Crippen LogP) is 5.90. The number of hydrogen-bond acceptors (Lipinski definition) is 9. The minimum absolute atomic E-state index is 0.00224. The monoisotopic (exact) mass is 867 g/mol. The van der Waals surface area contributed by atoms with Gasteiger partial charge in [-0.15, -0.1) is 0 Å². The fraction of sp³-hybridized carbons (Fsp3) is 0.634. The van der Waals surface area contributed by atoms with Gasteiger partial charge in [0.1, 0.15) is 40.7 Å². The summed E-state index contributed by atoms with van der Waals surface area (Å²) in [5.41, 5.74) is -4.91. The molecule has 0 spiro atoms. The number of sulfonamides is 1. The molecule has 3 fully saturated rings. The van der Waals surface area contributed by atoms with E-state index in [2.05, 4.69) is 10.3 Å². The van der Waals surface area contributed by atoms with Crippen LogP contribution in [0.2, 0.25) is 0 Å². The number of ether oxygens (including phenoxy) is 2. The summed E-state index contributed by atoms with van der Waals surface area (Å²) in [6.07, 6.45) is -4.31. The van der Waals surface area contributed by atoms with Crippen molar-refractivity contribution in [3.63, 3.8) is 0 Å². The quantitative estimate of drug-likeness (QED) is 0.192. The number of aromatic nitrogens is 1. The first kappa shape index (κ1) is 44.9. The number of nitrogens with one attached hydrogen (secondary N) is 2. The molecule has 19 heteroatoms. The molecule has 2 aromatic rings. The maximum absolute atomic E-state index is 15.1. The lowest BCUT2D eigenvalue weighted by molar-refractivity contribution is -0.222. The van der Waals surface area contributed by atoms with Gasteiger partial charge in [-0.25, -0.2) is 17.6 Å². The number of rotatable bonds is 10. The van der Waals surface area contributed by atoms with E-state index < -0.39 is 99.1 Å². The zero-order chi connectivity index (χ0) is 44.2. The van der Waals surface area contributed by atoms with Crippen LogP contribution in [0.4, 0.5) is 22.4 Å². The van der Waals surface area contributed by atoms with Gasteiger partial charge in [-0.3, -0.25) is 24.0 Å². The van der Waals surface area contributed by atoms with E-state index in [0.717, 1.165) is 4.90 Å². The van der Waals surface area contributed by atoms with Crippen molar-refractivity contribution in [3.8, 4) is 11.8 Å². The van der Waals surface area contributed by atoms with E-state index in [1.807, 2.05) is 11.6 Å². The van der Waals surface area contributed by atoms with Gasteiger partial charge in [0.2, 0.25) is 33.6 Å². The van der Waals surface area contributed by atoms with Gasteiger partial charge in [0.05, 0.1) is 12.6 Å². The summed E-state index contributed by atoms with van der Waals surface area (Å²) in [7, 11) is -4.51. The van der Waals surface area contributed by atoms with Gasteiger partial charge in [0, 0.05) is 23.8 Å². The van der Waals surface area contributed by atoms with Crippen molar-refractivity contribution in [2.24, 2.45) is 17.8 Å². The van der Waals surface area contributed by atoms with Crippen LogP contribution in [-0.4, -0.2) is 112 Å². The first-order chi connectivity index (χ1) is 28.0. The van der Waals surface area contributed by atoms with Gasteiger partial charge >= 0.3 is 12.3 Å². The Morgan fingerprint density at radius 2 is 1.82 bits per heavy atom. The number of fused-ring (bicyclic) bond motifs is 3. The molecule has 0 unspecified atom stereocenters. The van der Waals surface area contributed by atoms with Gasteiger partial charge in [0.15, 0.2) is 0 Å². The molecule has 7 atom stereocenters. The molecule has 3 heterocycles. The van der Waals surface area contributed by atoms with Crippen molar-refractivity contribution in [1.29, 1.82) is 0 Å². The van der Waals surface area contributed by atoms with Crippen molar-refractivity contribution in [2.75, 3.05) is 13.2 Å². The minimum Gasteiger partial charge on any atom is -0.475 e. The van der Waals surface area contributed by atoms with Gasteiger partial charge < -0.3 is 24.8 Å². The molecule has 3 N–H and O–H groups in total. The number of carboxylic acid groups (broad SMARTS) is 1. The summed E-state index contributed by atoms with van der Waals surface area (Å²) >= 11 is 0. The molecule has 1 saturated heterocycles. The Labute approximate surface area is 346 Å². The second kappa shape index (κ2) is 16.3. The second-order valence-electron chi connectivity index (χ2n) is 17.6. The zero-order valence-corrected chi connectivity index (χ0v) is 35.2. The lowest BCUT2D eigenvalue weighted by Crippen LogP contribution is -2.66. The number of carbonyl (C=O) groups is 4. The molecular formula is C41H53F4N5O9S. The molecule has 1 aromatic heterocycles. The average molecular weight is 868 g/mol. The molecule has 2 saturated carbocycles. The summed E-state index contributed by atoms with van der Waals surface area (Å²) in [4.78, 5) is 62.2. The van der Waals surface area contributed by atoms with Crippen molar-refractivity contribution in [1.82, 2.24) is 24.8 Å². The highest BCUT2D eigenvalue weighted by Crippen LogP contribution is 2.48. The maximum atomic E-state index is 15.1. The van der Waals surface area contributed by atoms with Gasteiger partial charge in [-0.2, -0.15) is 18.2 Å². The van der Waals surface area contributed by atoms with Crippen molar-refractivity contribution < 1.29 is 59.7 Å². The van der Waals surface area contributed by atoms with E-state index >= 15 is 4.79 Å². The highest BCUT2D eigenvalue weighted by Gasteiger charge is 2.64. The molecule has 0 bridgehead atoms. The summed E-state index contributed by atoms with van der Waals surface area (Å²) in [6, 6.07) is 5.29. The molecule has 1 aromatic carbocycles. The number of alkyl halides is 4. The Morgan fingerprint density at radius 1 is 1.13 bits per heavy atom. The molecule has 14 nitrogen and oxygen atoms in total. The van der Waals surface area contributed by atoms with Crippen LogP contribution in [0.25, 0.3) is 10.8 Å². The Balaban J connectivity index is 1.43. The van der Waals surface area contributed by atoms with E-state index in [0.29, 0.717) is 37.5 Å². The SMILES string of the molecule is CC(C)Oc1cc2ccccc2c(O[C@@H]2C[C@H]3C(=O)N[C@]4(C(=O)NS(=O)(=O)C5(CF)CC5)C[C@H]4C=CCC[C@H](C)C[C@@H](C)[C@H](N(C(=O)O)C(C)(C)C(F)(F)F)C(=O)N3C2)n1. The third-order valence-corrected chi connectivity index (χ3v) is 14.4. The lowest BCUT2D eigenvalue weighted by atomic mass is 9.85. The van der Waals surface area contributed by atoms with E-state index in [-0.39, 0.29) is 60.8 Å². The molecule has 4 aliphatic rings. The standard InChI is InChI=1S/C41H53F4N5O9S/c1-23(2)58-31-18-26-12-8-10-14-29(26)34(46-31)59-28-19-30-33(51)47-40(36(53)48-60(56,57)39(22-42)15-16-39)20-27(40)13-9-7-11-24(3)17-25(4)32(35(52)49(30)21-28)50(37(54)55)38(5,6)41(43,44)45/h8-10,12-14,18,23-25,27-28,30,32H,7,11,15-17,19-22H2,1-6H3,(H,47,51)(H,48,53)(H,54,55)/t24-,25+,27+,28+,30-,32-,40+/m0/s1. The highest BCUT2D eigenvalue weighted by molar-refractivity contribution is 7.91. The van der Waals surface area contributed by atoms with E-state index in [9.17, 15) is 45.5 Å². The van der Waals surface area contributed by atoms with Crippen LogP contribution in [0.15, 0.2) is 42.5 Å². The molecule has 60 heavy (non-hydrogen) atoms. The number of nitrogens with zero attached hydrogens (tertiary/aromatic N) is 3. The summed E-state index contributed by atoms with van der Waals surface area (Å²) < 4.78 is 97.0. The fourth-order valence-electron chi connectivity index (χ4n) is 8.43. The number of allylic oxidation sites excluding steroid dienone is 1. The Hall–Kier alpha value is -4.68. The smallest absolute Gasteiger partial charge is 0.411 e. The molecule has 6 rings (SSSR count). The van der Waals surface area contributed by atoms with E-state index in [4.69, 9.17) is 9.47 Å². The topological polar surface area (TPSA) is 185 Å². The number of hydrogen-bond donors (Lipinski definition) is 3. The number of benzene rings is 1. The van der Waals surface area contributed by atoms with Crippen LogP contribution >= 0.6 is 0 Å². The highest BCUT2D eigenvalue weighted by atomic mass is 32.2. The zero-order valence-electron chi connectivity index (χ0n) is 34.4. The van der Waals surface area contributed by atoms with Crippen LogP contribution in [0.1, 0.15) is 86.5 Å². The number of amides is 4. The summed E-state index contributed by atoms with van der Waals surface area (Å²) in [5.74, 6) is -4.76. The molecule has 4 amide bonds. The Morgan fingerprint density at radius 3 is 2.43 bits per heavy atom. The number of carbonyl (C=O) groups excluding carboxylic acids is 3. The van der Waals surface area contributed by atoms with Crippen LogP contribution in [0.3, 0.4) is 0 Å². The first-order valence-corrected chi connectivity index (χ1v) is 21.7. The normalized spacial score (nSPS) is 28.5. The lowest BCUT2D eigenvalue weighted by Gasteiger charge is -2.45. The largest absolute Gasteiger partial charge is 0.475 e. The van der Waals surface area contributed by atoms with E-state index in [1.165, 1.54) is 6.92 Å². The molecule has 2 aliphatic carbocycles. The van der Waals surface area contributed by atoms with Crippen LogP contribution in [0, 0.1) is 17.8 Å². The Bertz CT molecular complexity index is 2150. The predicted molar refractivity (Wildman–Crippen MR) is 211 cm³/mol. The minimum atomic E-state index is -5.12. The third kappa shape index (κ3) is 8.59. The van der Waals surface area contributed by atoms with Gasteiger partial charge in [0.25, 0.3) is 5.91 Å². The summed E-state index contributed by atoms with van der Waals surface area (Å²) in [5, 5.41) is 14.4. The van der Waals surface area contributed by atoms with E-state index in [1.54, 1.807) is 56.3 Å². The van der Waals surface area contributed by atoms with Crippen molar-refractivity contribution >= 4 is 44.6 Å². The molecule has 0 radical (unpaired) electrons. The van der Waals surface area contributed by atoms with Gasteiger partial charge in [-0.05, 0) is 89.5 Å². The number of pyridine rings is 1. The molecule has 2 aliphatic heterocycles. The Kier molecular flexibility index (Phi) is 12.2. The van der Waals surface area contributed by atoms with Gasteiger partial charge in [-0.1, -0.05) is 44.2 Å². The summed E-state index contributed by atoms with van der Waals surface area (Å²) in [6.45, 7) is 6.65. The van der Waals surface area contributed by atoms with Crippen LogP contribution < -0.4 is 19.5 Å². The van der Waals surface area contributed by atoms with Crippen molar-refractivity contribution in [3.05, 3.63) is 42.5 Å². The average Bonchev–Trinajstić information content (AvgIpc) is 4.05. The first-order valence-electron chi connectivity index (χ1n) is 20.2. The van der Waals surface area contributed by atoms with Crippen LogP contribution in [0.5, 0.6) is 11.8 Å². The third-order valence-electron chi connectivity index (χ3n) is 12.3. The van der Waals surface area contributed by atoms with Crippen molar-refractivity contribution in [2.45, 2.75) is 133 Å². The van der Waals surface area contributed by atoms with Crippen LogP contribution in [-0.2, 0) is 24.4 Å². The molecule has 330 valence electrons.